The molecule has 1 aliphatic carbocycles. The Morgan fingerprint density at radius 2 is 1.81 bits per heavy atom. The highest BCUT2D eigenvalue weighted by Gasteiger charge is 2.16. The van der Waals surface area contributed by atoms with Gasteiger partial charge in [0, 0.05) is 24.2 Å². The molecule has 0 bridgehead atoms. The Hall–Kier alpha value is -2.82. The second kappa shape index (κ2) is 6.41. The molecule has 1 aliphatic rings. The lowest BCUT2D eigenvalue weighted by Crippen LogP contribution is -2.05. The SMILES string of the molecule is Cc1cc(-c2nnc3cc(C4CCCCC4)ccc3n2)cc2cn(C)nc12. The second-order valence-corrected chi connectivity index (χ2v) is 7.75. The summed E-state index contributed by atoms with van der Waals surface area (Å²) in [6.45, 7) is 2.07. The summed E-state index contributed by atoms with van der Waals surface area (Å²) < 4.78 is 1.84. The molecule has 2 heterocycles. The molecule has 27 heavy (non-hydrogen) atoms. The minimum absolute atomic E-state index is 0.667. The fourth-order valence-corrected chi connectivity index (χ4v) is 4.32. The van der Waals surface area contributed by atoms with Gasteiger partial charge in [-0.2, -0.15) is 5.10 Å². The maximum absolute atomic E-state index is 4.79. The largest absolute Gasteiger partial charge is 0.275 e. The zero-order valence-corrected chi connectivity index (χ0v) is 15.8. The van der Waals surface area contributed by atoms with Crippen molar-refractivity contribution in [1.82, 2.24) is 25.0 Å². The minimum atomic E-state index is 0.667. The predicted octanol–water partition coefficient (Wildman–Crippen LogP) is 4.93. The smallest absolute Gasteiger partial charge is 0.182 e. The van der Waals surface area contributed by atoms with Crippen LogP contribution < -0.4 is 0 Å². The van der Waals surface area contributed by atoms with Gasteiger partial charge in [-0.1, -0.05) is 25.3 Å². The molecule has 0 saturated heterocycles. The molecule has 2 aromatic heterocycles. The first-order valence-corrected chi connectivity index (χ1v) is 9.76. The van der Waals surface area contributed by atoms with E-state index in [0.29, 0.717) is 11.7 Å². The molecule has 1 saturated carbocycles. The van der Waals surface area contributed by atoms with Gasteiger partial charge in [-0.3, -0.25) is 4.68 Å². The lowest BCUT2D eigenvalue weighted by atomic mass is 9.84. The van der Waals surface area contributed by atoms with E-state index in [0.717, 1.165) is 33.1 Å². The van der Waals surface area contributed by atoms with Crippen LogP contribution in [0.1, 0.15) is 49.1 Å². The average Bonchev–Trinajstić information content (AvgIpc) is 3.09. The molecular weight excluding hydrogens is 334 g/mol. The zero-order valence-electron chi connectivity index (χ0n) is 15.8. The van der Waals surface area contributed by atoms with Crippen molar-refractivity contribution in [2.75, 3.05) is 0 Å². The van der Waals surface area contributed by atoms with Crippen LogP contribution >= 0.6 is 0 Å². The summed E-state index contributed by atoms with van der Waals surface area (Å²) in [5.41, 5.74) is 6.31. The van der Waals surface area contributed by atoms with Crippen molar-refractivity contribution in [2.24, 2.45) is 7.05 Å². The third kappa shape index (κ3) is 2.97. The molecule has 0 N–H and O–H groups in total. The molecule has 136 valence electrons. The number of benzene rings is 2. The molecule has 5 nitrogen and oxygen atoms in total. The fourth-order valence-electron chi connectivity index (χ4n) is 4.32. The number of hydrogen-bond acceptors (Lipinski definition) is 4. The monoisotopic (exact) mass is 357 g/mol. The van der Waals surface area contributed by atoms with Crippen molar-refractivity contribution in [3.63, 3.8) is 0 Å². The fraction of sp³-hybridized carbons (Fsp3) is 0.364. The van der Waals surface area contributed by atoms with Crippen LogP contribution in [-0.4, -0.2) is 25.0 Å². The van der Waals surface area contributed by atoms with Crippen molar-refractivity contribution in [3.05, 3.63) is 47.7 Å². The van der Waals surface area contributed by atoms with Gasteiger partial charge in [-0.25, -0.2) is 4.98 Å². The van der Waals surface area contributed by atoms with E-state index in [-0.39, 0.29) is 0 Å². The zero-order chi connectivity index (χ0) is 18.4. The molecule has 5 rings (SSSR count). The van der Waals surface area contributed by atoms with Crippen molar-refractivity contribution >= 4 is 21.9 Å². The van der Waals surface area contributed by atoms with Gasteiger partial charge >= 0.3 is 0 Å². The molecule has 1 fully saturated rings. The van der Waals surface area contributed by atoms with Gasteiger partial charge in [0.2, 0.25) is 0 Å². The highest BCUT2D eigenvalue weighted by molar-refractivity contribution is 5.86. The first-order chi connectivity index (χ1) is 13.2. The van der Waals surface area contributed by atoms with Crippen molar-refractivity contribution in [2.45, 2.75) is 44.9 Å². The molecule has 0 spiro atoms. The van der Waals surface area contributed by atoms with Gasteiger partial charge in [0.05, 0.1) is 11.0 Å². The quantitative estimate of drug-likeness (QED) is 0.510. The molecule has 0 radical (unpaired) electrons. The van der Waals surface area contributed by atoms with Crippen LogP contribution in [0.3, 0.4) is 0 Å². The van der Waals surface area contributed by atoms with E-state index in [4.69, 9.17) is 4.98 Å². The van der Waals surface area contributed by atoms with Crippen molar-refractivity contribution < 1.29 is 0 Å². The normalized spacial score (nSPS) is 15.6. The molecule has 0 unspecified atom stereocenters. The number of nitrogens with zero attached hydrogens (tertiary/aromatic N) is 5. The Kier molecular flexibility index (Phi) is 3.88. The van der Waals surface area contributed by atoms with Crippen LogP contribution in [0.2, 0.25) is 0 Å². The maximum Gasteiger partial charge on any atom is 0.182 e. The standard InChI is InChI=1S/C22H23N5/c1-14-10-17(11-18-13-27(2)26-21(14)18)22-23-19-9-8-16(12-20(19)24-25-22)15-6-4-3-5-7-15/h8-13,15H,3-7H2,1-2H3. The number of fused-ring (bicyclic) bond motifs is 2. The van der Waals surface area contributed by atoms with Crippen LogP contribution in [0, 0.1) is 6.92 Å². The van der Waals surface area contributed by atoms with Gasteiger partial charge < -0.3 is 0 Å². The number of rotatable bonds is 2. The lowest BCUT2D eigenvalue weighted by molar-refractivity contribution is 0.444. The average molecular weight is 357 g/mol. The first kappa shape index (κ1) is 16.4. The summed E-state index contributed by atoms with van der Waals surface area (Å²) in [5, 5.41) is 14.5. The second-order valence-electron chi connectivity index (χ2n) is 7.75. The van der Waals surface area contributed by atoms with Crippen LogP contribution in [0.15, 0.2) is 36.5 Å². The molecule has 0 atom stereocenters. The van der Waals surface area contributed by atoms with Gasteiger partial charge in [0.15, 0.2) is 5.82 Å². The van der Waals surface area contributed by atoms with Crippen LogP contribution in [0.4, 0.5) is 0 Å². The number of aryl methyl sites for hydroxylation is 2. The van der Waals surface area contributed by atoms with E-state index in [1.165, 1.54) is 37.7 Å². The van der Waals surface area contributed by atoms with Crippen LogP contribution in [0.5, 0.6) is 0 Å². The summed E-state index contributed by atoms with van der Waals surface area (Å²) in [5.74, 6) is 1.34. The highest BCUT2D eigenvalue weighted by Crippen LogP contribution is 2.33. The Morgan fingerprint density at radius 1 is 0.963 bits per heavy atom. The van der Waals surface area contributed by atoms with Crippen molar-refractivity contribution in [3.8, 4) is 11.4 Å². The van der Waals surface area contributed by atoms with E-state index in [2.05, 4.69) is 52.6 Å². The molecular formula is C22H23N5. The molecule has 5 heteroatoms. The van der Waals surface area contributed by atoms with E-state index in [1.54, 1.807) is 0 Å². The first-order valence-electron chi connectivity index (χ1n) is 9.76. The lowest BCUT2D eigenvalue weighted by Gasteiger charge is -2.21. The Morgan fingerprint density at radius 3 is 2.67 bits per heavy atom. The van der Waals surface area contributed by atoms with Crippen LogP contribution in [-0.2, 0) is 7.05 Å². The third-order valence-electron chi connectivity index (χ3n) is 5.73. The van der Waals surface area contributed by atoms with E-state index < -0.39 is 0 Å². The summed E-state index contributed by atoms with van der Waals surface area (Å²) in [7, 11) is 1.94. The molecule has 0 aliphatic heterocycles. The van der Waals surface area contributed by atoms with Crippen molar-refractivity contribution in [1.29, 1.82) is 0 Å². The Bertz CT molecular complexity index is 1140. The van der Waals surface area contributed by atoms with E-state index >= 15 is 0 Å². The van der Waals surface area contributed by atoms with Crippen LogP contribution in [0.25, 0.3) is 33.3 Å². The number of hydrogen-bond donors (Lipinski definition) is 0. The topological polar surface area (TPSA) is 56.5 Å². The molecule has 0 amide bonds. The predicted molar refractivity (Wildman–Crippen MR) is 108 cm³/mol. The minimum Gasteiger partial charge on any atom is -0.275 e. The van der Waals surface area contributed by atoms with E-state index in [9.17, 15) is 0 Å². The third-order valence-corrected chi connectivity index (χ3v) is 5.73. The summed E-state index contributed by atoms with van der Waals surface area (Å²) in [4.78, 5) is 4.79. The van der Waals surface area contributed by atoms with Gasteiger partial charge in [0.1, 0.15) is 5.52 Å². The summed E-state index contributed by atoms with van der Waals surface area (Å²) in [6.07, 6.45) is 8.64. The Balaban J connectivity index is 1.54. The van der Waals surface area contributed by atoms with Gasteiger partial charge in [-0.15, -0.1) is 10.2 Å². The maximum atomic E-state index is 4.79. The van der Waals surface area contributed by atoms with Gasteiger partial charge in [0.25, 0.3) is 0 Å². The number of aromatic nitrogens is 5. The summed E-state index contributed by atoms with van der Waals surface area (Å²) >= 11 is 0. The summed E-state index contributed by atoms with van der Waals surface area (Å²) in [6, 6.07) is 10.7. The van der Waals surface area contributed by atoms with Gasteiger partial charge in [-0.05, 0) is 61.1 Å². The Labute approximate surface area is 158 Å². The molecule has 2 aromatic carbocycles. The molecule has 4 aromatic rings. The highest BCUT2D eigenvalue weighted by atomic mass is 15.2. The van der Waals surface area contributed by atoms with E-state index in [1.807, 2.05) is 17.9 Å².